The third kappa shape index (κ3) is 2.94. The van der Waals surface area contributed by atoms with Gasteiger partial charge in [-0.2, -0.15) is 0 Å². The zero-order valence-electron chi connectivity index (χ0n) is 17.1. The van der Waals surface area contributed by atoms with Crippen LogP contribution in [0.3, 0.4) is 0 Å². The van der Waals surface area contributed by atoms with Gasteiger partial charge in [-0.3, -0.25) is 0 Å². The first-order valence-corrected chi connectivity index (χ1v) is 11.5. The molecule has 0 spiro atoms. The van der Waals surface area contributed by atoms with Gasteiger partial charge in [-0.05, 0) is 99.0 Å². The molecule has 8 atom stereocenters. The molecule has 0 heterocycles. The largest absolute Gasteiger partial charge is 0.393 e. The lowest BCUT2D eigenvalue weighted by Gasteiger charge is -2.59. The standard InChI is InChI=1S/C26H34O2/c1-25-14-12-20(27)17-19(25)7-8-21-22-13-16-26(28,24(22)10-9-23(21)25)15-11-18-5-3-2-4-6-18/h2-6,19-24,27-28H,7-10,12-14,16-17H2,1H3/t19-,20+,21+,22+,23-,24-,25-,26-/m0/s1. The maximum absolute atomic E-state index is 11.5. The van der Waals surface area contributed by atoms with Gasteiger partial charge in [0.25, 0.3) is 0 Å². The molecule has 150 valence electrons. The molecular formula is C26H34O2. The molecule has 1 aromatic rings. The summed E-state index contributed by atoms with van der Waals surface area (Å²) in [5, 5.41) is 21.6. The molecule has 5 rings (SSSR count). The van der Waals surface area contributed by atoms with Crippen molar-refractivity contribution in [2.45, 2.75) is 76.4 Å². The predicted octanol–water partition coefficient (Wildman–Crippen LogP) is 4.78. The summed E-state index contributed by atoms with van der Waals surface area (Å²) in [5.74, 6) is 9.79. The maximum Gasteiger partial charge on any atom is 0.128 e. The monoisotopic (exact) mass is 378 g/mol. The first-order valence-electron chi connectivity index (χ1n) is 11.5. The third-order valence-corrected chi connectivity index (χ3v) is 9.24. The molecule has 4 saturated carbocycles. The molecule has 0 aromatic heterocycles. The lowest BCUT2D eigenvalue weighted by atomic mass is 9.47. The number of hydrogen-bond donors (Lipinski definition) is 2. The summed E-state index contributed by atoms with van der Waals surface area (Å²) in [7, 11) is 0. The number of benzene rings is 1. The van der Waals surface area contributed by atoms with Gasteiger partial charge in [0.2, 0.25) is 0 Å². The smallest absolute Gasteiger partial charge is 0.128 e. The van der Waals surface area contributed by atoms with E-state index in [1.807, 2.05) is 30.3 Å². The Kier molecular flexibility index (Phi) is 4.61. The number of hydrogen-bond acceptors (Lipinski definition) is 2. The van der Waals surface area contributed by atoms with Gasteiger partial charge in [0, 0.05) is 11.5 Å². The van der Waals surface area contributed by atoms with Crippen LogP contribution in [0.1, 0.15) is 70.3 Å². The molecular weight excluding hydrogens is 344 g/mol. The average molecular weight is 379 g/mol. The van der Waals surface area contributed by atoms with Crippen molar-refractivity contribution < 1.29 is 10.2 Å². The minimum Gasteiger partial charge on any atom is -0.393 e. The van der Waals surface area contributed by atoms with Gasteiger partial charge in [-0.15, -0.1) is 0 Å². The van der Waals surface area contributed by atoms with E-state index in [1.54, 1.807) is 0 Å². The summed E-state index contributed by atoms with van der Waals surface area (Å²) < 4.78 is 0. The van der Waals surface area contributed by atoms with E-state index in [0.29, 0.717) is 23.2 Å². The molecule has 4 aliphatic carbocycles. The lowest BCUT2D eigenvalue weighted by Crippen LogP contribution is -2.53. The van der Waals surface area contributed by atoms with Crippen LogP contribution in [0.5, 0.6) is 0 Å². The minimum atomic E-state index is -0.800. The fourth-order valence-corrected chi connectivity index (χ4v) is 7.78. The van der Waals surface area contributed by atoms with Crippen molar-refractivity contribution in [2.75, 3.05) is 0 Å². The van der Waals surface area contributed by atoms with Crippen molar-refractivity contribution in [1.82, 2.24) is 0 Å². The Bertz CT molecular complexity index is 777. The van der Waals surface area contributed by atoms with Crippen LogP contribution in [0, 0.1) is 46.8 Å². The van der Waals surface area contributed by atoms with Gasteiger partial charge in [-0.1, -0.05) is 37.0 Å². The quantitative estimate of drug-likeness (QED) is 0.638. The summed E-state index contributed by atoms with van der Waals surface area (Å²) >= 11 is 0. The zero-order valence-corrected chi connectivity index (χ0v) is 17.1. The van der Waals surface area contributed by atoms with Crippen LogP contribution in [0.2, 0.25) is 0 Å². The lowest BCUT2D eigenvalue weighted by molar-refractivity contribution is -0.116. The highest BCUT2D eigenvalue weighted by Gasteiger charge is 2.59. The second-order valence-electron chi connectivity index (χ2n) is 10.4. The summed E-state index contributed by atoms with van der Waals surface area (Å²) in [5.41, 5.74) is 0.608. The molecule has 0 bridgehead atoms. The molecule has 0 unspecified atom stereocenters. The zero-order chi connectivity index (χ0) is 19.4. The van der Waals surface area contributed by atoms with E-state index in [1.165, 1.54) is 25.7 Å². The first-order chi connectivity index (χ1) is 13.5. The second kappa shape index (κ2) is 6.89. The molecule has 0 aliphatic heterocycles. The highest BCUT2D eigenvalue weighted by atomic mass is 16.3. The van der Waals surface area contributed by atoms with Gasteiger partial charge in [0.15, 0.2) is 0 Å². The first kappa shape index (κ1) is 18.7. The van der Waals surface area contributed by atoms with Crippen molar-refractivity contribution >= 4 is 0 Å². The van der Waals surface area contributed by atoms with Crippen LogP contribution in [-0.2, 0) is 0 Å². The molecule has 2 heteroatoms. The van der Waals surface area contributed by atoms with Crippen molar-refractivity contribution in [3.63, 3.8) is 0 Å². The maximum atomic E-state index is 11.5. The molecule has 4 fully saturated rings. The molecule has 28 heavy (non-hydrogen) atoms. The highest BCUT2D eigenvalue weighted by molar-refractivity contribution is 5.37. The van der Waals surface area contributed by atoms with Crippen LogP contribution < -0.4 is 0 Å². The predicted molar refractivity (Wildman–Crippen MR) is 111 cm³/mol. The van der Waals surface area contributed by atoms with Crippen molar-refractivity contribution in [1.29, 1.82) is 0 Å². The fraction of sp³-hybridized carbons (Fsp3) is 0.692. The molecule has 2 nitrogen and oxygen atoms in total. The average Bonchev–Trinajstić information content (AvgIpc) is 3.05. The SMILES string of the molecule is C[C@]12CC[C@@H](O)C[C@@H]1CC[C@@H]1[C@H]3CC[C@@](O)(C#Cc4ccccc4)[C@H]3CC[C@@H]12. The second-order valence-corrected chi connectivity index (χ2v) is 10.4. The normalized spacial score (nSPS) is 47.2. The van der Waals surface area contributed by atoms with Gasteiger partial charge >= 0.3 is 0 Å². The van der Waals surface area contributed by atoms with Gasteiger partial charge in [0.05, 0.1) is 6.10 Å². The summed E-state index contributed by atoms with van der Waals surface area (Å²) in [6.45, 7) is 2.52. The minimum absolute atomic E-state index is 0.0733. The Balaban J connectivity index is 1.37. The van der Waals surface area contributed by atoms with Crippen LogP contribution in [-0.4, -0.2) is 21.9 Å². The molecule has 0 radical (unpaired) electrons. The van der Waals surface area contributed by atoms with Crippen LogP contribution in [0.15, 0.2) is 30.3 Å². The van der Waals surface area contributed by atoms with E-state index in [9.17, 15) is 10.2 Å². The molecule has 0 amide bonds. The number of aliphatic hydroxyl groups is 2. The van der Waals surface area contributed by atoms with Crippen molar-refractivity contribution in [3.05, 3.63) is 35.9 Å². The van der Waals surface area contributed by atoms with Crippen LogP contribution >= 0.6 is 0 Å². The van der Waals surface area contributed by atoms with E-state index in [-0.39, 0.29) is 6.10 Å². The fourth-order valence-electron chi connectivity index (χ4n) is 7.78. The topological polar surface area (TPSA) is 40.5 Å². The summed E-state index contributed by atoms with van der Waals surface area (Å²) in [4.78, 5) is 0. The highest BCUT2D eigenvalue weighted by Crippen LogP contribution is 2.64. The summed E-state index contributed by atoms with van der Waals surface area (Å²) in [6.07, 6.45) is 10.0. The molecule has 1 aromatic carbocycles. The molecule has 0 saturated heterocycles. The number of fused-ring (bicyclic) bond motifs is 5. The van der Waals surface area contributed by atoms with Gasteiger partial charge in [-0.25, -0.2) is 0 Å². The van der Waals surface area contributed by atoms with Crippen LogP contribution in [0.4, 0.5) is 0 Å². The Morgan fingerprint density at radius 2 is 1.64 bits per heavy atom. The Labute approximate surface area is 169 Å². The van der Waals surface area contributed by atoms with E-state index in [4.69, 9.17) is 0 Å². The van der Waals surface area contributed by atoms with Gasteiger partial charge < -0.3 is 10.2 Å². The Hall–Kier alpha value is -1.30. The van der Waals surface area contributed by atoms with E-state index in [0.717, 1.165) is 49.5 Å². The third-order valence-electron chi connectivity index (χ3n) is 9.24. The van der Waals surface area contributed by atoms with E-state index < -0.39 is 5.60 Å². The number of rotatable bonds is 0. The van der Waals surface area contributed by atoms with Crippen molar-refractivity contribution in [2.24, 2.45) is 35.0 Å². The van der Waals surface area contributed by atoms with Crippen molar-refractivity contribution in [3.8, 4) is 11.8 Å². The van der Waals surface area contributed by atoms with Crippen LogP contribution in [0.25, 0.3) is 0 Å². The molecule has 4 aliphatic rings. The van der Waals surface area contributed by atoms with E-state index in [2.05, 4.69) is 18.8 Å². The molecule has 2 N–H and O–H groups in total. The van der Waals surface area contributed by atoms with Gasteiger partial charge in [0.1, 0.15) is 5.60 Å². The Morgan fingerprint density at radius 1 is 0.893 bits per heavy atom. The summed E-state index contributed by atoms with van der Waals surface area (Å²) in [6, 6.07) is 10.1. The number of aliphatic hydroxyl groups excluding tert-OH is 1. The Morgan fingerprint density at radius 3 is 2.46 bits per heavy atom. The van der Waals surface area contributed by atoms with E-state index >= 15 is 0 Å².